The number of nitrogens with one attached hydrogen (secondary N) is 1. The summed E-state index contributed by atoms with van der Waals surface area (Å²) in [6, 6.07) is 0.624. The van der Waals surface area contributed by atoms with Gasteiger partial charge in [0, 0.05) is 6.04 Å². The van der Waals surface area contributed by atoms with Crippen molar-refractivity contribution in [1.82, 2.24) is 5.32 Å². The summed E-state index contributed by atoms with van der Waals surface area (Å²) in [5.74, 6) is 0.889. The number of rotatable bonds is 3. The highest BCUT2D eigenvalue weighted by Crippen LogP contribution is 2.35. The summed E-state index contributed by atoms with van der Waals surface area (Å²) in [5, 5.41) is 3.44. The van der Waals surface area contributed by atoms with Crippen LogP contribution in [0.15, 0.2) is 0 Å². The summed E-state index contributed by atoms with van der Waals surface area (Å²) >= 11 is 0. The zero-order chi connectivity index (χ0) is 9.26. The lowest BCUT2D eigenvalue weighted by molar-refractivity contribution is 0.00754. The molecule has 3 unspecified atom stereocenters. The van der Waals surface area contributed by atoms with Gasteiger partial charge in [-0.2, -0.15) is 0 Å². The van der Waals surface area contributed by atoms with Gasteiger partial charge in [0.2, 0.25) is 0 Å². The molecule has 0 bridgehead atoms. The predicted octanol–water partition coefficient (Wildman–Crippen LogP) is 1.94. The Morgan fingerprint density at radius 3 is 2.38 bits per heavy atom. The van der Waals surface area contributed by atoms with E-state index in [9.17, 15) is 0 Å². The van der Waals surface area contributed by atoms with E-state index in [-0.39, 0.29) is 0 Å². The average Bonchev–Trinajstić information content (AvgIpc) is 2.43. The predicted molar refractivity (Wildman–Crippen MR) is 53.8 cm³/mol. The van der Waals surface area contributed by atoms with Crippen molar-refractivity contribution in [2.24, 2.45) is 5.92 Å². The third-order valence-electron chi connectivity index (χ3n) is 3.66. The van der Waals surface area contributed by atoms with Crippen molar-refractivity contribution in [3.8, 4) is 0 Å². The molecule has 1 aliphatic carbocycles. The fourth-order valence-electron chi connectivity index (χ4n) is 2.62. The molecular formula is C11H21NO. The van der Waals surface area contributed by atoms with Gasteiger partial charge in [-0.15, -0.1) is 0 Å². The molecule has 0 amide bonds. The minimum atomic E-state index is 0.487. The summed E-state index contributed by atoms with van der Waals surface area (Å²) in [6.45, 7) is 2.19. The van der Waals surface area contributed by atoms with Crippen LogP contribution in [-0.4, -0.2) is 25.3 Å². The van der Waals surface area contributed by atoms with Crippen LogP contribution in [0.25, 0.3) is 0 Å². The van der Waals surface area contributed by atoms with Crippen LogP contribution in [-0.2, 0) is 4.74 Å². The molecule has 0 aromatic heterocycles. The summed E-state index contributed by atoms with van der Waals surface area (Å²) in [5.41, 5.74) is 0. The maximum atomic E-state index is 5.91. The van der Waals surface area contributed by atoms with E-state index in [1.54, 1.807) is 0 Å². The molecule has 1 N–H and O–H groups in total. The molecule has 2 fully saturated rings. The first-order chi connectivity index (χ1) is 6.31. The van der Waals surface area contributed by atoms with Gasteiger partial charge in [0.05, 0.1) is 12.2 Å². The lowest BCUT2D eigenvalue weighted by Gasteiger charge is -2.36. The molecule has 3 atom stereocenters. The van der Waals surface area contributed by atoms with Crippen LogP contribution in [0, 0.1) is 5.92 Å². The van der Waals surface area contributed by atoms with E-state index in [0.29, 0.717) is 18.2 Å². The van der Waals surface area contributed by atoms with Gasteiger partial charge in [0.1, 0.15) is 0 Å². The average molecular weight is 183 g/mol. The van der Waals surface area contributed by atoms with E-state index in [0.717, 1.165) is 5.92 Å². The monoisotopic (exact) mass is 183 g/mol. The Balaban J connectivity index is 1.88. The Labute approximate surface area is 81.0 Å². The second kappa shape index (κ2) is 3.97. The third kappa shape index (κ3) is 1.89. The lowest BCUT2D eigenvalue weighted by Crippen LogP contribution is -2.46. The topological polar surface area (TPSA) is 21.3 Å². The Morgan fingerprint density at radius 2 is 2.00 bits per heavy atom. The van der Waals surface area contributed by atoms with Gasteiger partial charge in [0.15, 0.2) is 0 Å². The first kappa shape index (κ1) is 9.47. The molecule has 76 valence electrons. The minimum absolute atomic E-state index is 0.487. The second-order valence-electron chi connectivity index (χ2n) is 4.57. The first-order valence-corrected chi connectivity index (χ1v) is 5.64. The van der Waals surface area contributed by atoms with Crippen LogP contribution >= 0.6 is 0 Å². The summed E-state index contributed by atoms with van der Waals surface area (Å²) in [7, 11) is 2.08. The van der Waals surface area contributed by atoms with Crippen LogP contribution in [0.2, 0.25) is 0 Å². The summed E-state index contributed by atoms with van der Waals surface area (Å²) in [4.78, 5) is 0. The van der Waals surface area contributed by atoms with Gasteiger partial charge in [0.25, 0.3) is 0 Å². The Kier molecular flexibility index (Phi) is 2.89. The zero-order valence-electron chi connectivity index (χ0n) is 8.75. The Morgan fingerprint density at radius 1 is 1.23 bits per heavy atom. The molecular weight excluding hydrogens is 162 g/mol. The first-order valence-electron chi connectivity index (χ1n) is 5.64. The van der Waals surface area contributed by atoms with E-state index >= 15 is 0 Å². The van der Waals surface area contributed by atoms with Gasteiger partial charge in [-0.25, -0.2) is 0 Å². The van der Waals surface area contributed by atoms with Crippen molar-refractivity contribution in [3.05, 3.63) is 0 Å². The molecule has 0 spiro atoms. The molecule has 2 rings (SSSR count). The fourth-order valence-corrected chi connectivity index (χ4v) is 2.62. The maximum absolute atomic E-state index is 5.91. The minimum Gasteiger partial charge on any atom is -0.374 e. The van der Waals surface area contributed by atoms with E-state index in [4.69, 9.17) is 4.74 Å². The van der Waals surface area contributed by atoms with Gasteiger partial charge in [-0.05, 0) is 45.6 Å². The highest BCUT2D eigenvalue weighted by atomic mass is 16.5. The molecule has 0 radical (unpaired) electrons. The molecule has 0 aromatic carbocycles. The molecule has 0 aromatic rings. The van der Waals surface area contributed by atoms with Crippen molar-refractivity contribution in [2.75, 3.05) is 7.05 Å². The molecule has 1 heterocycles. The lowest BCUT2D eigenvalue weighted by atomic mass is 9.77. The van der Waals surface area contributed by atoms with Crippen molar-refractivity contribution in [3.63, 3.8) is 0 Å². The standard InChI is InChI=1S/C11H21NO/c1-8-6-7-10(13-8)11(12-2)9-4-3-5-9/h8-12H,3-7H2,1-2H3. The van der Waals surface area contributed by atoms with Gasteiger partial charge in [-0.3, -0.25) is 0 Å². The molecule has 13 heavy (non-hydrogen) atoms. The molecule has 1 aliphatic heterocycles. The van der Waals surface area contributed by atoms with Crippen LogP contribution in [0.4, 0.5) is 0 Å². The normalized spacial score (nSPS) is 37.4. The highest BCUT2D eigenvalue weighted by molar-refractivity contribution is 4.90. The van der Waals surface area contributed by atoms with E-state index in [1.165, 1.54) is 32.1 Å². The largest absolute Gasteiger partial charge is 0.374 e. The Hall–Kier alpha value is -0.0800. The van der Waals surface area contributed by atoms with E-state index in [1.807, 2.05) is 0 Å². The number of ether oxygens (including phenoxy) is 1. The Bertz CT molecular complexity index is 167. The van der Waals surface area contributed by atoms with Gasteiger partial charge in [-0.1, -0.05) is 6.42 Å². The maximum Gasteiger partial charge on any atom is 0.0735 e. The van der Waals surface area contributed by atoms with Crippen LogP contribution in [0.5, 0.6) is 0 Å². The highest BCUT2D eigenvalue weighted by Gasteiger charge is 2.36. The summed E-state index contributed by atoms with van der Waals surface area (Å²) in [6.07, 6.45) is 7.70. The van der Waals surface area contributed by atoms with Crippen molar-refractivity contribution in [1.29, 1.82) is 0 Å². The third-order valence-corrected chi connectivity index (χ3v) is 3.66. The van der Waals surface area contributed by atoms with Gasteiger partial charge < -0.3 is 10.1 Å². The van der Waals surface area contributed by atoms with E-state index in [2.05, 4.69) is 19.3 Å². The second-order valence-corrected chi connectivity index (χ2v) is 4.57. The van der Waals surface area contributed by atoms with Crippen LogP contribution in [0.3, 0.4) is 0 Å². The number of hydrogen-bond donors (Lipinski definition) is 1. The van der Waals surface area contributed by atoms with Crippen LogP contribution < -0.4 is 5.32 Å². The van der Waals surface area contributed by atoms with Crippen molar-refractivity contribution >= 4 is 0 Å². The van der Waals surface area contributed by atoms with Gasteiger partial charge >= 0.3 is 0 Å². The molecule has 2 heteroatoms. The summed E-state index contributed by atoms with van der Waals surface area (Å²) < 4.78 is 5.91. The van der Waals surface area contributed by atoms with Crippen molar-refractivity contribution < 1.29 is 4.74 Å². The SMILES string of the molecule is CNC(C1CCC1)C1CCC(C)O1. The molecule has 1 saturated carbocycles. The van der Waals surface area contributed by atoms with Crippen LogP contribution in [0.1, 0.15) is 39.0 Å². The zero-order valence-corrected chi connectivity index (χ0v) is 8.75. The smallest absolute Gasteiger partial charge is 0.0735 e. The fraction of sp³-hybridized carbons (Fsp3) is 1.00. The number of likely N-dealkylation sites (N-methyl/N-ethyl adjacent to an activating group) is 1. The molecule has 1 saturated heterocycles. The van der Waals surface area contributed by atoms with Crippen molar-refractivity contribution in [2.45, 2.75) is 57.3 Å². The molecule has 2 aliphatic rings. The number of hydrogen-bond acceptors (Lipinski definition) is 2. The van der Waals surface area contributed by atoms with E-state index < -0.39 is 0 Å². The molecule has 2 nitrogen and oxygen atoms in total. The quantitative estimate of drug-likeness (QED) is 0.722.